The standard InChI is InChI=1S/C17H21N3O3S2/c1-2-20-12-14(16(19-20)13-6-4-3-5-7-13)17(23)18-9-11-25-24-10-8-15(21)22/h3-7,12H,2,8-11H2,1H3,(H,18,23)(H,21,22). The molecule has 0 saturated heterocycles. The SMILES string of the molecule is CCn1cc(C(=O)NCCSSCCC(=O)O)c(-c2ccccc2)n1. The smallest absolute Gasteiger partial charge is 0.304 e. The third-order valence-corrected chi connectivity index (χ3v) is 5.74. The lowest BCUT2D eigenvalue weighted by molar-refractivity contribution is -0.136. The maximum atomic E-state index is 12.5. The Kier molecular flexibility index (Phi) is 7.87. The molecule has 0 radical (unpaired) electrons. The lowest BCUT2D eigenvalue weighted by atomic mass is 10.1. The minimum absolute atomic E-state index is 0.144. The van der Waals surface area contributed by atoms with Gasteiger partial charge in [-0.05, 0) is 6.92 Å². The molecule has 2 aromatic rings. The number of carboxylic acid groups (broad SMARTS) is 1. The predicted molar refractivity (Wildman–Crippen MR) is 103 cm³/mol. The van der Waals surface area contributed by atoms with Crippen molar-refractivity contribution in [2.75, 3.05) is 18.1 Å². The van der Waals surface area contributed by atoms with E-state index in [1.165, 1.54) is 10.8 Å². The number of nitrogens with one attached hydrogen (secondary N) is 1. The van der Waals surface area contributed by atoms with Crippen molar-refractivity contribution in [3.8, 4) is 11.3 Å². The summed E-state index contributed by atoms with van der Waals surface area (Å²) in [6.07, 6.45) is 1.92. The second-order valence-corrected chi connectivity index (χ2v) is 7.86. The summed E-state index contributed by atoms with van der Waals surface area (Å²) in [5.74, 6) is 0.353. The molecular formula is C17H21N3O3S2. The molecule has 6 nitrogen and oxygen atoms in total. The van der Waals surface area contributed by atoms with Gasteiger partial charge in [0.05, 0.1) is 12.0 Å². The van der Waals surface area contributed by atoms with Crippen molar-refractivity contribution in [3.63, 3.8) is 0 Å². The van der Waals surface area contributed by atoms with E-state index in [1.54, 1.807) is 21.7 Å². The number of aromatic nitrogens is 2. The van der Waals surface area contributed by atoms with Crippen molar-refractivity contribution in [3.05, 3.63) is 42.1 Å². The maximum absolute atomic E-state index is 12.5. The van der Waals surface area contributed by atoms with Crippen LogP contribution in [0.2, 0.25) is 0 Å². The number of aryl methyl sites for hydroxylation is 1. The fourth-order valence-corrected chi connectivity index (χ4v) is 3.99. The molecule has 8 heteroatoms. The Morgan fingerprint density at radius 2 is 1.92 bits per heavy atom. The summed E-state index contributed by atoms with van der Waals surface area (Å²) < 4.78 is 1.76. The minimum Gasteiger partial charge on any atom is -0.481 e. The average Bonchev–Trinajstić information content (AvgIpc) is 3.06. The Hall–Kier alpha value is -1.93. The van der Waals surface area contributed by atoms with Crippen LogP contribution in [0.15, 0.2) is 36.5 Å². The molecule has 0 spiro atoms. The molecule has 134 valence electrons. The molecule has 1 aromatic heterocycles. The highest BCUT2D eigenvalue weighted by Gasteiger charge is 2.17. The van der Waals surface area contributed by atoms with E-state index in [4.69, 9.17) is 5.11 Å². The molecule has 0 saturated carbocycles. The van der Waals surface area contributed by atoms with E-state index in [0.29, 0.717) is 30.1 Å². The number of hydrogen-bond donors (Lipinski definition) is 2. The van der Waals surface area contributed by atoms with Crippen molar-refractivity contribution in [1.29, 1.82) is 0 Å². The Morgan fingerprint density at radius 3 is 2.60 bits per heavy atom. The van der Waals surface area contributed by atoms with Crippen LogP contribution in [0.25, 0.3) is 11.3 Å². The van der Waals surface area contributed by atoms with Crippen LogP contribution in [0.4, 0.5) is 0 Å². The fraction of sp³-hybridized carbons (Fsp3) is 0.353. The molecule has 0 atom stereocenters. The molecule has 0 bridgehead atoms. The Bertz CT molecular complexity index is 704. The summed E-state index contributed by atoms with van der Waals surface area (Å²) >= 11 is 0. The molecule has 0 fully saturated rings. The van der Waals surface area contributed by atoms with Gasteiger partial charge in [0.1, 0.15) is 5.69 Å². The van der Waals surface area contributed by atoms with E-state index < -0.39 is 5.97 Å². The monoisotopic (exact) mass is 379 g/mol. The molecule has 0 aliphatic rings. The summed E-state index contributed by atoms with van der Waals surface area (Å²) in [4.78, 5) is 22.9. The van der Waals surface area contributed by atoms with E-state index >= 15 is 0 Å². The molecule has 0 aliphatic heterocycles. The zero-order valence-electron chi connectivity index (χ0n) is 14.0. The largest absolute Gasteiger partial charge is 0.481 e. The summed E-state index contributed by atoms with van der Waals surface area (Å²) in [5.41, 5.74) is 2.17. The lowest BCUT2D eigenvalue weighted by Crippen LogP contribution is -2.25. The van der Waals surface area contributed by atoms with Crippen LogP contribution in [-0.4, -0.2) is 44.8 Å². The van der Waals surface area contributed by atoms with Crippen molar-refractivity contribution >= 4 is 33.5 Å². The van der Waals surface area contributed by atoms with Gasteiger partial charge in [-0.2, -0.15) is 5.10 Å². The van der Waals surface area contributed by atoms with E-state index in [-0.39, 0.29) is 12.3 Å². The number of hydrogen-bond acceptors (Lipinski definition) is 5. The first-order chi connectivity index (χ1) is 12.1. The third kappa shape index (κ3) is 6.13. The molecule has 25 heavy (non-hydrogen) atoms. The van der Waals surface area contributed by atoms with E-state index in [1.807, 2.05) is 37.3 Å². The van der Waals surface area contributed by atoms with E-state index in [0.717, 1.165) is 11.3 Å². The van der Waals surface area contributed by atoms with Gasteiger partial charge in [0.25, 0.3) is 5.91 Å². The van der Waals surface area contributed by atoms with Gasteiger partial charge in [-0.15, -0.1) is 0 Å². The average molecular weight is 380 g/mol. The van der Waals surface area contributed by atoms with Gasteiger partial charge >= 0.3 is 5.97 Å². The zero-order chi connectivity index (χ0) is 18.1. The minimum atomic E-state index is -0.789. The number of amides is 1. The van der Waals surface area contributed by atoms with E-state index in [2.05, 4.69) is 10.4 Å². The Morgan fingerprint density at radius 1 is 1.20 bits per heavy atom. The van der Waals surface area contributed by atoms with Crippen molar-refractivity contribution in [2.45, 2.75) is 19.9 Å². The highest BCUT2D eigenvalue weighted by molar-refractivity contribution is 8.76. The molecule has 2 rings (SSSR count). The van der Waals surface area contributed by atoms with Crippen LogP contribution >= 0.6 is 21.6 Å². The lowest BCUT2D eigenvalue weighted by Gasteiger charge is -2.05. The van der Waals surface area contributed by atoms with Gasteiger partial charge < -0.3 is 10.4 Å². The topological polar surface area (TPSA) is 84.2 Å². The van der Waals surface area contributed by atoms with Gasteiger partial charge in [0.15, 0.2) is 0 Å². The van der Waals surface area contributed by atoms with Gasteiger partial charge in [0.2, 0.25) is 0 Å². The summed E-state index contributed by atoms with van der Waals surface area (Å²) in [7, 11) is 3.07. The predicted octanol–water partition coefficient (Wildman–Crippen LogP) is 3.16. The Balaban J connectivity index is 1.89. The van der Waals surface area contributed by atoms with E-state index in [9.17, 15) is 9.59 Å². The number of carbonyl (C=O) groups excluding carboxylic acids is 1. The fourth-order valence-electron chi connectivity index (χ4n) is 2.11. The van der Waals surface area contributed by atoms with Crippen LogP contribution < -0.4 is 5.32 Å². The number of carboxylic acids is 1. The second-order valence-electron chi connectivity index (χ2n) is 5.16. The van der Waals surface area contributed by atoms with Gasteiger partial charge in [-0.25, -0.2) is 0 Å². The number of nitrogens with zero attached hydrogens (tertiary/aromatic N) is 2. The quantitative estimate of drug-likeness (QED) is 0.487. The van der Waals surface area contributed by atoms with Gasteiger partial charge in [-0.1, -0.05) is 51.9 Å². The number of carbonyl (C=O) groups is 2. The molecule has 1 aromatic carbocycles. The first kappa shape index (κ1) is 19.4. The van der Waals surface area contributed by atoms with Crippen LogP contribution in [0.5, 0.6) is 0 Å². The Labute approximate surface area is 154 Å². The number of benzene rings is 1. The van der Waals surface area contributed by atoms with Crippen LogP contribution in [0.1, 0.15) is 23.7 Å². The normalized spacial score (nSPS) is 10.6. The molecule has 0 unspecified atom stereocenters. The molecule has 1 amide bonds. The summed E-state index contributed by atoms with van der Waals surface area (Å²) in [6.45, 7) is 3.20. The zero-order valence-corrected chi connectivity index (χ0v) is 15.6. The van der Waals surface area contributed by atoms with Gasteiger partial charge in [-0.3, -0.25) is 14.3 Å². The van der Waals surface area contributed by atoms with Crippen LogP contribution in [0.3, 0.4) is 0 Å². The summed E-state index contributed by atoms with van der Waals surface area (Å²) in [6, 6.07) is 9.65. The highest BCUT2D eigenvalue weighted by Crippen LogP contribution is 2.23. The third-order valence-electron chi connectivity index (χ3n) is 3.33. The molecular weight excluding hydrogens is 358 g/mol. The van der Waals surface area contributed by atoms with Crippen molar-refractivity contribution in [2.24, 2.45) is 0 Å². The molecule has 0 aliphatic carbocycles. The van der Waals surface area contributed by atoms with Gasteiger partial charge in [0, 0.05) is 36.4 Å². The second kappa shape index (κ2) is 10.1. The number of aliphatic carboxylic acids is 1. The molecule has 1 heterocycles. The first-order valence-electron chi connectivity index (χ1n) is 7.99. The van der Waals surface area contributed by atoms with Crippen LogP contribution in [0, 0.1) is 0 Å². The number of rotatable bonds is 10. The van der Waals surface area contributed by atoms with Crippen molar-refractivity contribution < 1.29 is 14.7 Å². The first-order valence-corrected chi connectivity index (χ1v) is 10.5. The highest BCUT2D eigenvalue weighted by atomic mass is 33.1. The summed E-state index contributed by atoms with van der Waals surface area (Å²) in [5, 5.41) is 16.0. The van der Waals surface area contributed by atoms with Crippen molar-refractivity contribution in [1.82, 2.24) is 15.1 Å². The van der Waals surface area contributed by atoms with Crippen LogP contribution in [-0.2, 0) is 11.3 Å². The molecule has 2 N–H and O–H groups in total. The maximum Gasteiger partial charge on any atom is 0.304 e.